The first-order valence-corrected chi connectivity index (χ1v) is 11.2. The molecule has 2 aliphatic carbocycles. The molecule has 2 aliphatic rings. The van der Waals surface area contributed by atoms with Gasteiger partial charge in [-0.1, -0.05) is 49.2 Å². The average Bonchev–Trinajstić information content (AvgIpc) is 3.52. The molecular weight excluding hydrogens is 370 g/mol. The molecule has 148 valence electrons. The molecule has 1 atom stereocenters. The minimum Gasteiger partial charge on any atom is -0.352 e. The Labute approximate surface area is 170 Å². The smallest absolute Gasteiger partial charge is 0.252 e. The van der Waals surface area contributed by atoms with Gasteiger partial charge in [0, 0.05) is 17.5 Å². The van der Waals surface area contributed by atoms with Crippen LogP contribution in [-0.4, -0.2) is 34.1 Å². The average molecular weight is 398 g/mol. The van der Waals surface area contributed by atoms with Gasteiger partial charge in [-0.25, -0.2) is 4.98 Å². The minimum atomic E-state index is -0.255. The van der Waals surface area contributed by atoms with Gasteiger partial charge in [0.25, 0.3) is 5.91 Å². The Bertz CT molecular complexity index is 875. The molecule has 0 saturated heterocycles. The number of aromatic nitrogens is 1. The monoisotopic (exact) mass is 397 g/mol. The SMILES string of the molecule is CC(Sc1cc(C(=O)NC2CC2)c2ccccc2n1)C(=O)NC1CCCCC1. The topological polar surface area (TPSA) is 71.1 Å². The summed E-state index contributed by atoms with van der Waals surface area (Å²) in [6.45, 7) is 1.91. The second-order valence-electron chi connectivity index (χ2n) is 7.88. The molecule has 1 aromatic carbocycles. The zero-order chi connectivity index (χ0) is 19.5. The van der Waals surface area contributed by atoms with Crippen molar-refractivity contribution in [3.8, 4) is 0 Å². The molecule has 1 aromatic heterocycles. The number of hydrogen-bond donors (Lipinski definition) is 2. The summed E-state index contributed by atoms with van der Waals surface area (Å²) in [5.74, 6) is -0.00176. The van der Waals surface area contributed by atoms with Crippen molar-refractivity contribution in [1.82, 2.24) is 15.6 Å². The summed E-state index contributed by atoms with van der Waals surface area (Å²) in [7, 11) is 0. The van der Waals surface area contributed by atoms with Crippen LogP contribution in [0.4, 0.5) is 0 Å². The van der Waals surface area contributed by atoms with Crippen LogP contribution in [0.3, 0.4) is 0 Å². The number of para-hydroxylation sites is 1. The lowest BCUT2D eigenvalue weighted by Crippen LogP contribution is -2.40. The van der Waals surface area contributed by atoms with Gasteiger partial charge in [-0.3, -0.25) is 9.59 Å². The van der Waals surface area contributed by atoms with Crippen LogP contribution in [0.15, 0.2) is 35.4 Å². The first kappa shape index (κ1) is 19.2. The number of hydrogen-bond acceptors (Lipinski definition) is 4. The molecule has 0 bridgehead atoms. The van der Waals surface area contributed by atoms with Crippen molar-refractivity contribution in [2.75, 3.05) is 0 Å². The van der Waals surface area contributed by atoms with E-state index >= 15 is 0 Å². The second kappa shape index (κ2) is 8.52. The van der Waals surface area contributed by atoms with Crippen molar-refractivity contribution < 1.29 is 9.59 Å². The summed E-state index contributed by atoms with van der Waals surface area (Å²) >= 11 is 1.42. The van der Waals surface area contributed by atoms with Crippen molar-refractivity contribution in [3.05, 3.63) is 35.9 Å². The summed E-state index contributed by atoms with van der Waals surface area (Å²) in [5.41, 5.74) is 1.42. The molecule has 28 heavy (non-hydrogen) atoms. The van der Waals surface area contributed by atoms with Gasteiger partial charge in [-0.2, -0.15) is 0 Å². The molecule has 4 rings (SSSR count). The number of thioether (sulfide) groups is 1. The van der Waals surface area contributed by atoms with Gasteiger partial charge in [-0.15, -0.1) is 0 Å². The summed E-state index contributed by atoms with van der Waals surface area (Å²) in [5, 5.41) is 7.56. The molecule has 5 nitrogen and oxygen atoms in total. The van der Waals surface area contributed by atoms with E-state index in [-0.39, 0.29) is 17.1 Å². The molecule has 6 heteroatoms. The quantitative estimate of drug-likeness (QED) is 0.721. The van der Waals surface area contributed by atoms with Gasteiger partial charge in [0.15, 0.2) is 0 Å². The number of rotatable bonds is 6. The predicted octanol–water partition coefficient (Wildman–Crippen LogP) is 4.06. The lowest BCUT2D eigenvalue weighted by atomic mass is 9.95. The van der Waals surface area contributed by atoms with Crippen LogP contribution in [0.5, 0.6) is 0 Å². The maximum absolute atomic E-state index is 12.7. The third-order valence-electron chi connectivity index (χ3n) is 5.47. The van der Waals surface area contributed by atoms with Crippen LogP contribution in [0.1, 0.15) is 62.2 Å². The van der Waals surface area contributed by atoms with Crippen molar-refractivity contribution in [2.24, 2.45) is 0 Å². The highest BCUT2D eigenvalue weighted by Gasteiger charge is 2.26. The fourth-order valence-corrected chi connectivity index (χ4v) is 4.56. The fraction of sp³-hybridized carbons (Fsp3) is 0.500. The Morgan fingerprint density at radius 1 is 1.04 bits per heavy atom. The van der Waals surface area contributed by atoms with E-state index in [9.17, 15) is 9.59 Å². The summed E-state index contributed by atoms with van der Waals surface area (Å²) in [4.78, 5) is 30.0. The maximum atomic E-state index is 12.7. The molecule has 2 aromatic rings. The fourth-order valence-electron chi connectivity index (χ4n) is 3.69. The van der Waals surface area contributed by atoms with Crippen LogP contribution in [0.25, 0.3) is 10.9 Å². The molecule has 1 heterocycles. The highest BCUT2D eigenvalue weighted by atomic mass is 32.2. The Balaban J connectivity index is 1.50. The van der Waals surface area contributed by atoms with Gasteiger partial charge in [0.05, 0.1) is 21.4 Å². The summed E-state index contributed by atoms with van der Waals surface area (Å²) in [6.07, 6.45) is 7.90. The number of fused-ring (bicyclic) bond motifs is 1. The van der Waals surface area contributed by atoms with Crippen LogP contribution in [0, 0.1) is 0 Å². The number of carbonyl (C=O) groups is 2. The van der Waals surface area contributed by atoms with E-state index in [1.165, 1.54) is 31.0 Å². The Morgan fingerprint density at radius 2 is 1.75 bits per heavy atom. The summed E-state index contributed by atoms with van der Waals surface area (Å²) < 4.78 is 0. The van der Waals surface area contributed by atoms with Crippen LogP contribution < -0.4 is 10.6 Å². The molecule has 2 amide bonds. The lowest BCUT2D eigenvalue weighted by Gasteiger charge is -2.24. The van der Waals surface area contributed by atoms with Gasteiger partial charge in [-0.05, 0) is 44.7 Å². The maximum Gasteiger partial charge on any atom is 0.252 e. The predicted molar refractivity (Wildman–Crippen MR) is 113 cm³/mol. The highest BCUT2D eigenvalue weighted by Crippen LogP contribution is 2.28. The third-order valence-corrected chi connectivity index (χ3v) is 6.49. The molecule has 2 fully saturated rings. The Hall–Kier alpha value is -2.08. The van der Waals surface area contributed by atoms with E-state index in [1.807, 2.05) is 37.3 Å². The molecule has 0 aliphatic heterocycles. The van der Waals surface area contributed by atoms with Gasteiger partial charge in [0.1, 0.15) is 0 Å². The van der Waals surface area contributed by atoms with Crippen molar-refractivity contribution in [2.45, 2.75) is 74.2 Å². The molecule has 2 saturated carbocycles. The third kappa shape index (κ3) is 4.66. The molecular formula is C22H27N3O2S. The Kier molecular flexibility index (Phi) is 5.85. The number of nitrogens with one attached hydrogen (secondary N) is 2. The van der Waals surface area contributed by atoms with Gasteiger partial charge in [0.2, 0.25) is 5.91 Å². The van der Waals surface area contributed by atoms with E-state index in [1.54, 1.807) is 0 Å². The largest absolute Gasteiger partial charge is 0.352 e. The number of nitrogens with zero attached hydrogens (tertiary/aromatic N) is 1. The molecule has 0 spiro atoms. The van der Waals surface area contributed by atoms with Crippen LogP contribution in [-0.2, 0) is 4.79 Å². The second-order valence-corrected chi connectivity index (χ2v) is 9.24. The number of benzene rings is 1. The number of amides is 2. The number of pyridine rings is 1. The van der Waals surface area contributed by atoms with Crippen LogP contribution >= 0.6 is 11.8 Å². The first-order chi connectivity index (χ1) is 13.6. The molecule has 2 N–H and O–H groups in total. The van der Waals surface area contributed by atoms with Crippen molar-refractivity contribution in [3.63, 3.8) is 0 Å². The molecule has 1 unspecified atom stereocenters. The summed E-state index contributed by atoms with van der Waals surface area (Å²) in [6, 6.07) is 10.1. The lowest BCUT2D eigenvalue weighted by molar-refractivity contribution is -0.121. The minimum absolute atomic E-state index is 0.0517. The van der Waals surface area contributed by atoms with E-state index in [0.717, 1.165) is 36.6 Å². The standard InChI is InChI=1S/C22H27N3O2S/c1-14(21(26)23-15-7-3-2-4-8-15)28-20-13-18(22(27)24-16-11-12-16)17-9-5-6-10-19(17)25-20/h5-6,9-10,13-16H,2-4,7-8,11-12H2,1H3,(H,23,26)(H,24,27). The zero-order valence-corrected chi connectivity index (χ0v) is 17.1. The van der Waals surface area contributed by atoms with E-state index in [2.05, 4.69) is 15.6 Å². The van der Waals surface area contributed by atoms with Gasteiger partial charge < -0.3 is 10.6 Å². The number of carbonyl (C=O) groups excluding carboxylic acids is 2. The normalized spacial score (nSPS) is 18.6. The van der Waals surface area contributed by atoms with Gasteiger partial charge >= 0.3 is 0 Å². The molecule has 0 radical (unpaired) electrons. The van der Waals surface area contributed by atoms with E-state index in [0.29, 0.717) is 22.7 Å². The highest BCUT2D eigenvalue weighted by molar-refractivity contribution is 8.00. The van der Waals surface area contributed by atoms with Crippen molar-refractivity contribution in [1.29, 1.82) is 0 Å². The van der Waals surface area contributed by atoms with Crippen molar-refractivity contribution >= 4 is 34.5 Å². The zero-order valence-electron chi connectivity index (χ0n) is 16.2. The Morgan fingerprint density at radius 3 is 2.50 bits per heavy atom. The van der Waals surface area contributed by atoms with E-state index in [4.69, 9.17) is 0 Å². The van der Waals surface area contributed by atoms with Crippen LogP contribution in [0.2, 0.25) is 0 Å². The first-order valence-electron chi connectivity index (χ1n) is 10.3. The van der Waals surface area contributed by atoms with E-state index < -0.39 is 0 Å².